The van der Waals surface area contributed by atoms with Crippen LogP contribution in [0.3, 0.4) is 0 Å². The number of halogens is 1. The molecule has 2 fully saturated rings. The van der Waals surface area contributed by atoms with Gasteiger partial charge in [0.2, 0.25) is 0 Å². The highest BCUT2D eigenvalue weighted by molar-refractivity contribution is 5.38. The molecule has 134 valence electrons. The van der Waals surface area contributed by atoms with Crippen molar-refractivity contribution < 1.29 is 4.39 Å². The van der Waals surface area contributed by atoms with Gasteiger partial charge in [-0.05, 0) is 61.3 Å². The molecule has 3 aliphatic rings. The minimum Gasteiger partial charge on any atom is -0.247 e. The molecule has 1 heteroatoms. The number of rotatable bonds is 4. The van der Waals surface area contributed by atoms with Crippen molar-refractivity contribution in [1.29, 1.82) is 0 Å². The van der Waals surface area contributed by atoms with Crippen LogP contribution in [-0.4, -0.2) is 6.17 Å². The standard InChI is InChI=1S/C23H35F/c1-5-6-7-8-9-18-15-19-12-13-23(4)21(20(19)14-17(18)3)11-10-16(2)22(23)24/h8-9,14-17,19,21-22H,5-7,10-13H2,1-4H3/b9-8-/t16?,17-,19?,21?,22+,23?/m1/s1. The zero-order valence-electron chi connectivity index (χ0n) is 16.0. The largest absolute Gasteiger partial charge is 0.247 e. The highest BCUT2D eigenvalue weighted by atomic mass is 19.1. The molecule has 3 aliphatic carbocycles. The monoisotopic (exact) mass is 330 g/mol. The van der Waals surface area contributed by atoms with E-state index in [2.05, 4.69) is 52.0 Å². The predicted octanol–water partition coefficient (Wildman–Crippen LogP) is 7.04. The number of hydrogen-bond donors (Lipinski definition) is 0. The Bertz CT molecular complexity index is 540. The van der Waals surface area contributed by atoms with E-state index in [9.17, 15) is 0 Å². The van der Waals surface area contributed by atoms with Gasteiger partial charge in [-0.15, -0.1) is 0 Å². The average Bonchev–Trinajstić information content (AvgIpc) is 2.56. The molecule has 0 aromatic heterocycles. The van der Waals surface area contributed by atoms with Crippen molar-refractivity contribution in [3.05, 3.63) is 35.5 Å². The quantitative estimate of drug-likeness (QED) is 0.383. The topological polar surface area (TPSA) is 0 Å². The van der Waals surface area contributed by atoms with Crippen molar-refractivity contribution in [2.45, 2.75) is 78.8 Å². The van der Waals surface area contributed by atoms with Gasteiger partial charge >= 0.3 is 0 Å². The molecular formula is C23H35F. The molecule has 0 aromatic rings. The second-order valence-corrected chi connectivity index (χ2v) is 8.83. The maximum absolute atomic E-state index is 15.0. The zero-order valence-corrected chi connectivity index (χ0v) is 16.0. The van der Waals surface area contributed by atoms with Gasteiger partial charge in [-0.3, -0.25) is 0 Å². The Kier molecular flexibility index (Phi) is 5.37. The van der Waals surface area contributed by atoms with E-state index in [4.69, 9.17) is 0 Å². The van der Waals surface area contributed by atoms with Gasteiger partial charge in [0, 0.05) is 5.41 Å². The van der Waals surface area contributed by atoms with Gasteiger partial charge < -0.3 is 0 Å². The SMILES string of the molecule is CCCC/C=C\C1=CC2CCC3(C)C(CCC(C)[C@@H]3F)C2=C[C@H]1C. The van der Waals surface area contributed by atoms with Crippen LogP contribution in [0, 0.1) is 29.1 Å². The fraction of sp³-hybridized carbons (Fsp3) is 0.739. The van der Waals surface area contributed by atoms with E-state index in [0.717, 1.165) is 19.3 Å². The molecule has 2 saturated carbocycles. The first-order valence-corrected chi connectivity index (χ1v) is 10.2. The van der Waals surface area contributed by atoms with E-state index in [-0.39, 0.29) is 11.3 Å². The highest BCUT2D eigenvalue weighted by Gasteiger charge is 2.52. The van der Waals surface area contributed by atoms with E-state index in [0.29, 0.717) is 17.8 Å². The van der Waals surface area contributed by atoms with E-state index >= 15 is 4.39 Å². The molecule has 0 bridgehead atoms. The van der Waals surface area contributed by atoms with Crippen LogP contribution in [0.5, 0.6) is 0 Å². The lowest BCUT2D eigenvalue weighted by molar-refractivity contribution is -0.0327. The lowest BCUT2D eigenvalue weighted by atomic mass is 9.52. The molecule has 4 unspecified atom stereocenters. The van der Waals surface area contributed by atoms with Gasteiger partial charge in [0.15, 0.2) is 0 Å². The van der Waals surface area contributed by atoms with Crippen molar-refractivity contribution in [2.75, 3.05) is 0 Å². The number of hydrogen-bond acceptors (Lipinski definition) is 0. The lowest BCUT2D eigenvalue weighted by Gasteiger charge is -2.53. The predicted molar refractivity (Wildman–Crippen MR) is 102 cm³/mol. The molecule has 24 heavy (non-hydrogen) atoms. The fourth-order valence-corrected chi connectivity index (χ4v) is 5.44. The Hall–Kier alpha value is -0.850. The number of alkyl halides is 1. The normalized spacial score (nSPS) is 42.3. The van der Waals surface area contributed by atoms with Crippen LogP contribution in [0.15, 0.2) is 35.5 Å². The Labute approximate surface area is 148 Å². The molecular weight excluding hydrogens is 295 g/mol. The fourth-order valence-electron chi connectivity index (χ4n) is 5.44. The molecule has 0 aromatic carbocycles. The van der Waals surface area contributed by atoms with Crippen molar-refractivity contribution in [2.24, 2.45) is 29.1 Å². The third-order valence-electron chi connectivity index (χ3n) is 7.06. The van der Waals surface area contributed by atoms with E-state index in [1.54, 1.807) is 5.57 Å². The number of allylic oxidation sites excluding steroid dienone is 6. The molecule has 0 N–H and O–H groups in total. The molecule has 0 heterocycles. The van der Waals surface area contributed by atoms with Crippen molar-refractivity contribution in [3.8, 4) is 0 Å². The van der Waals surface area contributed by atoms with Crippen LogP contribution in [0.4, 0.5) is 4.39 Å². The van der Waals surface area contributed by atoms with Gasteiger partial charge in [0.05, 0.1) is 0 Å². The molecule has 0 saturated heterocycles. The Morgan fingerprint density at radius 3 is 2.75 bits per heavy atom. The highest BCUT2D eigenvalue weighted by Crippen LogP contribution is 2.58. The van der Waals surface area contributed by atoms with Crippen LogP contribution >= 0.6 is 0 Å². The minimum absolute atomic E-state index is 0.123. The summed E-state index contributed by atoms with van der Waals surface area (Å²) in [6, 6.07) is 0. The van der Waals surface area contributed by atoms with E-state index in [1.807, 2.05) is 0 Å². The molecule has 0 nitrogen and oxygen atoms in total. The molecule has 0 aliphatic heterocycles. The zero-order chi connectivity index (χ0) is 17.3. The van der Waals surface area contributed by atoms with Crippen LogP contribution < -0.4 is 0 Å². The van der Waals surface area contributed by atoms with Gasteiger partial charge in [-0.1, -0.05) is 70.4 Å². The number of unbranched alkanes of at least 4 members (excludes halogenated alkanes) is 2. The van der Waals surface area contributed by atoms with Crippen LogP contribution in [0.1, 0.15) is 72.6 Å². The van der Waals surface area contributed by atoms with Crippen molar-refractivity contribution in [1.82, 2.24) is 0 Å². The molecule has 0 radical (unpaired) electrons. The van der Waals surface area contributed by atoms with Crippen molar-refractivity contribution >= 4 is 0 Å². The summed E-state index contributed by atoms with van der Waals surface area (Å²) in [4.78, 5) is 0. The first-order chi connectivity index (χ1) is 11.5. The summed E-state index contributed by atoms with van der Waals surface area (Å²) in [5, 5.41) is 0. The maximum Gasteiger partial charge on any atom is 0.109 e. The second kappa shape index (κ2) is 7.18. The maximum atomic E-state index is 15.0. The second-order valence-electron chi connectivity index (χ2n) is 8.83. The Balaban J connectivity index is 1.78. The molecule has 0 amide bonds. The molecule has 3 rings (SSSR count). The Morgan fingerprint density at radius 2 is 2.00 bits per heavy atom. The number of fused-ring (bicyclic) bond motifs is 3. The smallest absolute Gasteiger partial charge is 0.109 e. The first kappa shape index (κ1) is 18.0. The van der Waals surface area contributed by atoms with E-state index in [1.165, 1.54) is 31.3 Å². The first-order valence-electron chi connectivity index (χ1n) is 10.2. The summed E-state index contributed by atoms with van der Waals surface area (Å²) >= 11 is 0. The third kappa shape index (κ3) is 3.16. The Morgan fingerprint density at radius 1 is 1.21 bits per heavy atom. The lowest BCUT2D eigenvalue weighted by Crippen LogP contribution is -2.49. The van der Waals surface area contributed by atoms with Gasteiger partial charge in [-0.2, -0.15) is 0 Å². The summed E-state index contributed by atoms with van der Waals surface area (Å²) in [5.74, 6) is 1.74. The molecule has 0 spiro atoms. The van der Waals surface area contributed by atoms with Crippen LogP contribution in [0.2, 0.25) is 0 Å². The summed E-state index contributed by atoms with van der Waals surface area (Å²) < 4.78 is 15.0. The van der Waals surface area contributed by atoms with Gasteiger partial charge in [-0.25, -0.2) is 4.39 Å². The van der Waals surface area contributed by atoms with Crippen LogP contribution in [-0.2, 0) is 0 Å². The summed E-state index contributed by atoms with van der Waals surface area (Å²) in [6.45, 7) is 8.88. The average molecular weight is 331 g/mol. The molecule has 6 atom stereocenters. The van der Waals surface area contributed by atoms with Crippen LogP contribution in [0.25, 0.3) is 0 Å². The van der Waals surface area contributed by atoms with E-state index < -0.39 is 6.17 Å². The minimum atomic E-state index is -0.632. The third-order valence-corrected chi connectivity index (χ3v) is 7.06. The summed E-state index contributed by atoms with van der Waals surface area (Å²) in [7, 11) is 0. The van der Waals surface area contributed by atoms with Gasteiger partial charge in [0.25, 0.3) is 0 Å². The summed E-state index contributed by atoms with van der Waals surface area (Å²) in [6.07, 6.45) is 17.2. The van der Waals surface area contributed by atoms with Gasteiger partial charge in [0.1, 0.15) is 6.17 Å². The summed E-state index contributed by atoms with van der Waals surface area (Å²) in [5.41, 5.74) is 2.92. The van der Waals surface area contributed by atoms with Crippen molar-refractivity contribution in [3.63, 3.8) is 0 Å².